The van der Waals surface area contributed by atoms with Crippen molar-refractivity contribution in [3.8, 4) is 11.5 Å². The fraction of sp³-hybridized carbons (Fsp3) is 0.500. The normalized spacial score (nSPS) is 17.1. The number of hydrogen-bond acceptors (Lipinski definition) is 5. The topological polar surface area (TPSA) is 84.9 Å². The van der Waals surface area contributed by atoms with Gasteiger partial charge in [0.2, 0.25) is 10.0 Å². The van der Waals surface area contributed by atoms with Crippen LogP contribution in [0.4, 0.5) is 5.69 Å². The van der Waals surface area contributed by atoms with Gasteiger partial charge in [0.15, 0.2) is 0 Å². The minimum absolute atomic E-state index is 0.157. The Labute approximate surface area is 112 Å². The summed E-state index contributed by atoms with van der Waals surface area (Å²) in [4.78, 5) is 0. The molecule has 1 aromatic rings. The molecule has 2 N–H and O–H groups in total. The van der Waals surface area contributed by atoms with Crippen LogP contribution >= 0.6 is 0 Å². The predicted octanol–water partition coefficient (Wildman–Crippen LogP) is 1.32. The standard InChI is InChI=1S/C12H17NO5S/c1-17-9-2-3-11(12(14)8-9)13-19(15,16)10-4-6-18-7-5-10/h2-3,8,10,13-14H,4-7H2,1H3. The van der Waals surface area contributed by atoms with Gasteiger partial charge in [0, 0.05) is 19.3 Å². The Morgan fingerprint density at radius 1 is 1.37 bits per heavy atom. The van der Waals surface area contributed by atoms with Crippen LogP contribution in [0.2, 0.25) is 0 Å². The zero-order valence-electron chi connectivity index (χ0n) is 10.6. The molecule has 1 aliphatic heterocycles. The average Bonchev–Trinajstić information content (AvgIpc) is 2.42. The van der Waals surface area contributed by atoms with Gasteiger partial charge in [-0.1, -0.05) is 0 Å². The molecule has 1 heterocycles. The average molecular weight is 287 g/mol. The number of nitrogens with one attached hydrogen (secondary N) is 1. The predicted molar refractivity (Wildman–Crippen MR) is 71.0 cm³/mol. The van der Waals surface area contributed by atoms with E-state index >= 15 is 0 Å². The van der Waals surface area contributed by atoms with E-state index in [-0.39, 0.29) is 11.4 Å². The highest BCUT2D eigenvalue weighted by molar-refractivity contribution is 7.93. The van der Waals surface area contributed by atoms with Crippen molar-refractivity contribution in [2.45, 2.75) is 18.1 Å². The smallest absolute Gasteiger partial charge is 0.235 e. The molecule has 19 heavy (non-hydrogen) atoms. The Hall–Kier alpha value is -1.47. The molecule has 0 spiro atoms. The molecule has 0 aromatic heterocycles. The molecule has 0 saturated carbocycles. The fourth-order valence-corrected chi connectivity index (χ4v) is 3.41. The molecule has 1 fully saturated rings. The summed E-state index contributed by atoms with van der Waals surface area (Å²) >= 11 is 0. The molecule has 1 saturated heterocycles. The molecule has 0 radical (unpaired) electrons. The number of sulfonamides is 1. The number of rotatable bonds is 4. The Bertz CT molecular complexity index is 537. The lowest BCUT2D eigenvalue weighted by Gasteiger charge is -2.23. The first-order valence-electron chi connectivity index (χ1n) is 5.99. The molecule has 2 rings (SSSR count). The van der Waals surface area contributed by atoms with E-state index < -0.39 is 15.3 Å². The van der Waals surface area contributed by atoms with Crippen LogP contribution in [0, 0.1) is 0 Å². The minimum atomic E-state index is -3.51. The first kappa shape index (κ1) is 14.0. The monoisotopic (exact) mass is 287 g/mol. The molecule has 0 aliphatic carbocycles. The molecule has 1 aliphatic rings. The van der Waals surface area contributed by atoms with Crippen LogP contribution < -0.4 is 9.46 Å². The third kappa shape index (κ3) is 3.30. The van der Waals surface area contributed by atoms with Crippen LogP contribution in [-0.2, 0) is 14.8 Å². The molecule has 7 heteroatoms. The maximum Gasteiger partial charge on any atom is 0.235 e. The molecule has 0 amide bonds. The second-order valence-electron chi connectivity index (χ2n) is 4.34. The van der Waals surface area contributed by atoms with Gasteiger partial charge in [-0.15, -0.1) is 0 Å². The van der Waals surface area contributed by atoms with E-state index in [2.05, 4.69) is 4.72 Å². The van der Waals surface area contributed by atoms with E-state index in [9.17, 15) is 13.5 Å². The third-order valence-electron chi connectivity index (χ3n) is 3.06. The highest BCUT2D eigenvalue weighted by atomic mass is 32.2. The van der Waals surface area contributed by atoms with Gasteiger partial charge >= 0.3 is 0 Å². The van der Waals surface area contributed by atoms with E-state index in [1.54, 1.807) is 6.07 Å². The van der Waals surface area contributed by atoms with Gasteiger partial charge in [0.25, 0.3) is 0 Å². The molecular formula is C12H17NO5S. The van der Waals surface area contributed by atoms with E-state index in [1.807, 2.05) is 0 Å². The fourth-order valence-electron chi connectivity index (χ4n) is 1.95. The van der Waals surface area contributed by atoms with E-state index in [1.165, 1.54) is 19.2 Å². The molecule has 1 aromatic carbocycles. The summed E-state index contributed by atoms with van der Waals surface area (Å²) in [6.07, 6.45) is 0.929. The van der Waals surface area contributed by atoms with Crippen molar-refractivity contribution < 1.29 is 23.0 Å². The number of aromatic hydroxyl groups is 1. The van der Waals surface area contributed by atoms with Crippen molar-refractivity contribution in [3.05, 3.63) is 18.2 Å². The Morgan fingerprint density at radius 2 is 2.05 bits per heavy atom. The first-order valence-corrected chi connectivity index (χ1v) is 7.54. The largest absolute Gasteiger partial charge is 0.506 e. The first-order chi connectivity index (χ1) is 9.03. The van der Waals surface area contributed by atoms with E-state index in [4.69, 9.17) is 9.47 Å². The van der Waals surface area contributed by atoms with Gasteiger partial charge in [0.05, 0.1) is 18.0 Å². The Balaban J connectivity index is 2.15. The third-order valence-corrected chi connectivity index (χ3v) is 4.92. The molecule has 0 atom stereocenters. The van der Waals surface area contributed by atoms with Crippen molar-refractivity contribution in [2.24, 2.45) is 0 Å². The summed E-state index contributed by atoms with van der Waals surface area (Å²) in [5.41, 5.74) is 0.160. The number of benzene rings is 1. The highest BCUT2D eigenvalue weighted by Gasteiger charge is 2.28. The second-order valence-corrected chi connectivity index (χ2v) is 6.30. The molecule has 6 nitrogen and oxygen atoms in total. The van der Waals surface area contributed by atoms with Gasteiger partial charge in [-0.25, -0.2) is 8.42 Å². The zero-order chi connectivity index (χ0) is 13.9. The molecular weight excluding hydrogens is 270 g/mol. The number of methoxy groups -OCH3 is 1. The van der Waals surface area contributed by atoms with Gasteiger partial charge in [-0.3, -0.25) is 4.72 Å². The van der Waals surface area contributed by atoms with Crippen LogP contribution in [0.15, 0.2) is 18.2 Å². The molecule has 0 unspecified atom stereocenters. The zero-order valence-corrected chi connectivity index (χ0v) is 11.4. The lowest BCUT2D eigenvalue weighted by molar-refractivity contribution is 0.0984. The van der Waals surface area contributed by atoms with Gasteiger partial charge in [-0.05, 0) is 25.0 Å². The summed E-state index contributed by atoms with van der Waals surface area (Å²) in [6, 6.07) is 4.43. The van der Waals surface area contributed by atoms with Crippen molar-refractivity contribution in [1.29, 1.82) is 0 Å². The van der Waals surface area contributed by atoms with Crippen molar-refractivity contribution in [2.75, 3.05) is 25.0 Å². The summed E-state index contributed by atoms with van der Waals surface area (Å²) in [6.45, 7) is 0.889. The maximum atomic E-state index is 12.2. The highest BCUT2D eigenvalue weighted by Crippen LogP contribution is 2.30. The van der Waals surface area contributed by atoms with Crippen LogP contribution in [0.3, 0.4) is 0 Å². The molecule has 106 valence electrons. The maximum absolute atomic E-state index is 12.2. The van der Waals surface area contributed by atoms with Crippen LogP contribution in [0.5, 0.6) is 11.5 Å². The number of phenolic OH excluding ortho intramolecular Hbond substituents is 1. The summed E-state index contributed by atoms with van der Waals surface area (Å²) < 4.78 is 36.8. The van der Waals surface area contributed by atoms with Crippen LogP contribution in [0.25, 0.3) is 0 Å². The van der Waals surface area contributed by atoms with E-state index in [0.29, 0.717) is 31.8 Å². The van der Waals surface area contributed by atoms with Crippen LogP contribution in [0.1, 0.15) is 12.8 Å². The van der Waals surface area contributed by atoms with E-state index in [0.717, 1.165) is 0 Å². The number of hydrogen-bond donors (Lipinski definition) is 2. The summed E-state index contributed by atoms with van der Waals surface area (Å²) in [7, 11) is -2.04. The number of anilines is 1. The second kappa shape index (κ2) is 5.66. The Kier molecular flexibility index (Phi) is 4.16. The number of phenols is 1. The lowest BCUT2D eigenvalue weighted by Crippen LogP contribution is -2.33. The summed E-state index contributed by atoms with van der Waals surface area (Å²) in [5, 5.41) is 9.27. The van der Waals surface area contributed by atoms with Gasteiger partial charge in [-0.2, -0.15) is 0 Å². The van der Waals surface area contributed by atoms with Gasteiger partial charge < -0.3 is 14.6 Å². The number of ether oxygens (including phenoxy) is 2. The van der Waals surface area contributed by atoms with Crippen molar-refractivity contribution in [3.63, 3.8) is 0 Å². The summed E-state index contributed by atoms with van der Waals surface area (Å²) in [5.74, 6) is 0.307. The van der Waals surface area contributed by atoms with Gasteiger partial charge in [0.1, 0.15) is 11.5 Å². The van der Waals surface area contributed by atoms with Crippen molar-refractivity contribution >= 4 is 15.7 Å². The quantitative estimate of drug-likeness (QED) is 0.816. The molecule has 0 bridgehead atoms. The lowest BCUT2D eigenvalue weighted by atomic mass is 10.2. The minimum Gasteiger partial charge on any atom is -0.506 e. The Morgan fingerprint density at radius 3 is 2.63 bits per heavy atom. The SMILES string of the molecule is COc1ccc(NS(=O)(=O)C2CCOCC2)c(O)c1. The van der Waals surface area contributed by atoms with Crippen molar-refractivity contribution in [1.82, 2.24) is 0 Å². The van der Waals surface area contributed by atoms with Crippen LogP contribution in [-0.4, -0.2) is 39.1 Å².